The van der Waals surface area contributed by atoms with Gasteiger partial charge in [-0.3, -0.25) is 4.79 Å². The normalized spacial score (nSPS) is 22.8. The lowest BCUT2D eigenvalue weighted by Gasteiger charge is -2.24. The number of aromatic nitrogens is 1. The maximum absolute atomic E-state index is 12.3. The van der Waals surface area contributed by atoms with E-state index in [1.54, 1.807) is 12.1 Å². The standard InChI is InChI=1S/C13H14BrN3O/c1-9-4-5-17(12(9)6-14)13(18)11-3-2-10(7-15)8-16-11/h2-3,8-9,12H,4-6H2,1H3. The number of nitriles is 1. The Balaban J connectivity index is 2.18. The molecule has 0 aromatic carbocycles. The maximum atomic E-state index is 12.3. The van der Waals surface area contributed by atoms with Crippen LogP contribution in [-0.4, -0.2) is 33.7 Å². The highest BCUT2D eigenvalue weighted by atomic mass is 79.9. The molecule has 0 bridgehead atoms. The summed E-state index contributed by atoms with van der Waals surface area (Å²) in [6.07, 6.45) is 2.47. The number of carbonyl (C=O) groups excluding carboxylic acids is 1. The summed E-state index contributed by atoms with van der Waals surface area (Å²) in [4.78, 5) is 18.2. The minimum Gasteiger partial charge on any atom is -0.333 e. The fourth-order valence-corrected chi connectivity index (χ4v) is 3.22. The second-order valence-electron chi connectivity index (χ2n) is 4.53. The largest absolute Gasteiger partial charge is 0.333 e. The molecule has 1 aromatic heterocycles. The molecule has 1 aromatic rings. The fraction of sp³-hybridized carbons (Fsp3) is 0.462. The lowest BCUT2D eigenvalue weighted by Crippen LogP contribution is -2.38. The van der Waals surface area contributed by atoms with Crippen LogP contribution in [-0.2, 0) is 0 Å². The van der Waals surface area contributed by atoms with Gasteiger partial charge in [-0.25, -0.2) is 4.98 Å². The van der Waals surface area contributed by atoms with E-state index in [1.807, 2.05) is 11.0 Å². The van der Waals surface area contributed by atoms with Crippen molar-refractivity contribution in [2.45, 2.75) is 19.4 Å². The lowest BCUT2D eigenvalue weighted by molar-refractivity contribution is 0.0732. The van der Waals surface area contributed by atoms with E-state index in [0.29, 0.717) is 17.2 Å². The first-order chi connectivity index (χ1) is 8.67. The van der Waals surface area contributed by atoms with Gasteiger partial charge in [-0.05, 0) is 24.5 Å². The van der Waals surface area contributed by atoms with Crippen LogP contribution in [0.15, 0.2) is 18.3 Å². The van der Waals surface area contributed by atoms with Gasteiger partial charge >= 0.3 is 0 Å². The minimum absolute atomic E-state index is 0.0479. The Bertz CT molecular complexity index is 480. The third-order valence-electron chi connectivity index (χ3n) is 3.41. The van der Waals surface area contributed by atoms with Gasteiger partial charge in [0.1, 0.15) is 11.8 Å². The Morgan fingerprint density at radius 1 is 1.67 bits per heavy atom. The highest BCUT2D eigenvalue weighted by Crippen LogP contribution is 2.26. The van der Waals surface area contributed by atoms with Crippen molar-refractivity contribution < 1.29 is 4.79 Å². The van der Waals surface area contributed by atoms with Gasteiger partial charge in [-0.2, -0.15) is 5.26 Å². The van der Waals surface area contributed by atoms with Crippen molar-refractivity contribution in [2.75, 3.05) is 11.9 Å². The van der Waals surface area contributed by atoms with Gasteiger partial charge in [-0.15, -0.1) is 0 Å². The Kier molecular flexibility index (Phi) is 3.97. The Morgan fingerprint density at radius 3 is 3.00 bits per heavy atom. The van der Waals surface area contributed by atoms with Gasteiger partial charge in [0.05, 0.1) is 5.56 Å². The first-order valence-corrected chi connectivity index (χ1v) is 7.02. The molecule has 1 aliphatic rings. The second-order valence-corrected chi connectivity index (χ2v) is 5.18. The summed E-state index contributed by atoms with van der Waals surface area (Å²) in [7, 11) is 0. The smallest absolute Gasteiger partial charge is 0.272 e. The zero-order chi connectivity index (χ0) is 13.1. The topological polar surface area (TPSA) is 57.0 Å². The number of rotatable bonds is 2. The molecule has 5 heteroatoms. The van der Waals surface area contributed by atoms with E-state index in [4.69, 9.17) is 5.26 Å². The van der Waals surface area contributed by atoms with E-state index < -0.39 is 0 Å². The molecule has 2 unspecified atom stereocenters. The number of nitrogens with zero attached hydrogens (tertiary/aromatic N) is 3. The van der Waals surface area contributed by atoms with Gasteiger partial charge in [0.2, 0.25) is 0 Å². The highest BCUT2D eigenvalue weighted by Gasteiger charge is 2.34. The SMILES string of the molecule is CC1CCN(C(=O)c2ccc(C#N)cn2)C1CBr. The van der Waals surface area contributed by atoms with Gasteiger partial charge in [-0.1, -0.05) is 22.9 Å². The van der Waals surface area contributed by atoms with Crippen molar-refractivity contribution >= 4 is 21.8 Å². The average Bonchev–Trinajstić information content (AvgIpc) is 2.79. The van der Waals surface area contributed by atoms with Crippen molar-refractivity contribution in [3.8, 4) is 6.07 Å². The predicted octanol–water partition coefficient (Wildman–Crippen LogP) is 2.20. The van der Waals surface area contributed by atoms with Crippen LogP contribution in [0, 0.1) is 17.2 Å². The molecule has 0 spiro atoms. The van der Waals surface area contributed by atoms with Crippen LogP contribution in [0.4, 0.5) is 0 Å². The summed E-state index contributed by atoms with van der Waals surface area (Å²) >= 11 is 3.46. The molecule has 94 valence electrons. The molecule has 2 heterocycles. The Hall–Kier alpha value is -1.41. The summed E-state index contributed by atoms with van der Waals surface area (Å²) in [5.74, 6) is 0.458. The Morgan fingerprint density at radius 2 is 2.44 bits per heavy atom. The number of halogens is 1. The number of amides is 1. The predicted molar refractivity (Wildman–Crippen MR) is 71.4 cm³/mol. The van der Waals surface area contributed by atoms with E-state index in [0.717, 1.165) is 18.3 Å². The van der Waals surface area contributed by atoms with Crippen molar-refractivity contribution in [1.82, 2.24) is 9.88 Å². The van der Waals surface area contributed by atoms with Crippen molar-refractivity contribution in [3.63, 3.8) is 0 Å². The van der Waals surface area contributed by atoms with Crippen LogP contribution in [0.25, 0.3) is 0 Å². The fourth-order valence-electron chi connectivity index (χ4n) is 2.23. The Labute approximate surface area is 115 Å². The number of alkyl halides is 1. The minimum atomic E-state index is -0.0479. The third kappa shape index (κ3) is 2.39. The summed E-state index contributed by atoms with van der Waals surface area (Å²) < 4.78 is 0. The van der Waals surface area contributed by atoms with Gasteiger partial charge < -0.3 is 4.90 Å². The zero-order valence-corrected chi connectivity index (χ0v) is 11.7. The van der Waals surface area contributed by atoms with Crippen molar-refractivity contribution in [3.05, 3.63) is 29.6 Å². The molecular weight excluding hydrogens is 294 g/mol. The number of carbonyl (C=O) groups is 1. The second kappa shape index (κ2) is 5.49. The van der Waals surface area contributed by atoms with Gasteiger partial charge in [0.15, 0.2) is 0 Å². The molecule has 1 saturated heterocycles. The van der Waals surface area contributed by atoms with Gasteiger partial charge in [0.25, 0.3) is 5.91 Å². The quantitative estimate of drug-likeness (QED) is 0.787. The lowest BCUT2D eigenvalue weighted by atomic mass is 10.1. The number of pyridine rings is 1. The van der Waals surface area contributed by atoms with Crippen molar-refractivity contribution in [2.24, 2.45) is 5.92 Å². The molecule has 18 heavy (non-hydrogen) atoms. The molecule has 0 aliphatic carbocycles. The van der Waals surface area contributed by atoms with Crippen LogP contribution < -0.4 is 0 Å². The molecular formula is C13H14BrN3O. The van der Waals surface area contributed by atoms with Crippen molar-refractivity contribution in [1.29, 1.82) is 5.26 Å². The van der Waals surface area contributed by atoms with Crippen LogP contribution >= 0.6 is 15.9 Å². The molecule has 0 saturated carbocycles. The van der Waals surface area contributed by atoms with E-state index >= 15 is 0 Å². The third-order valence-corrected chi connectivity index (χ3v) is 4.08. The zero-order valence-electron chi connectivity index (χ0n) is 10.1. The van der Waals surface area contributed by atoms with Gasteiger partial charge in [0, 0.05) is 24.1 Å². The van der Waals surface area contributed by atoms with Crippen LogP contribution in [0.5, 0.6) is 0 Å². The number of hydrogen-bond donors (Lipinski definition) is 0. The molecule has 1 amide bonds. The summed E-state index contributed by atoms with van der Waals surface area (Å²) in [5.41, 5.74) is 0.882. The molecule has 0 radical (unpaired) electrons. The summed E-state index contributed by atoms with van der Waals surface area (Å²) in [6, 6.07) is 5.47. The number of likely N-dealkylation sites (tertiary alicyclic amines) is 1. The first kappa shape index (κ1) is 13.0. The van der Waals surface area contributed by atoms with Crippen LogP contribution in [0.3, 0.4) is 0 Å². The molecule has 2 rings (SSSR count). The van der Waals surface area contributed by atoms with E-state index in [2.05, 4.69) is 27.8 Å². The maximum Gasteiger partial charge on any atom is 0.272 e. The van der Waals surface area contributed by atoms with Crippen LogP contribution in [0.1, 0.15) is 29.4 Å². The molecule has 4 nitrogen and oxygen atoms in total. The molecule has 0 N–H and O–H groups in total. The molecule has 1 aliphatic heterocycles. The highest BCUT2D eigenvalue weighted by molar-refractivity contribution is 9.09. The monoisotopic (exact) mass is 307 g/mol. The first-order valence-electron chi connectivity index (χ1n) is 5.90. The van der Waals surface area contributed by atoms with E-state index in [1.165, 1.54) is 6.20 Å². The van der Waals surface area contributed by atoms with Crippen LogP contribution in [0.2, 0.25) is 0 Å². The van der Waals surface area contributed by atoms with E-state index in [-0.39, 0.29) is 11.9 Å². The summed E-state index contributed by atoms with van der Waals surface area (Å²) in [6.45, 7) is 2.93. The molecule has 1 fully saturated rings. The average molecular weight is 308 g/mol. The molecule has 2 atom stereocenters. The van der Waals surface area contributed by atoms with E-state index in [9.17, 15) is 4.79 Å². The summed E-state index contributed by atoms with van der Waals surface area (Å²) in [5, 5.41) is 9.49. The number of hydrogen-bond acceptors (Lipinski definition) is 3.